The summed E-state index contributed by atoms with van der Waals surface area (Å²) in [6.07, 6.45) is 0. The van der Waals surface area contributed by atoms with E-state index in [1.54, 1.807) is 15.9 Å². The Morgan fingerprint density at radius 2 is 1.81 bits per heavy atom. The second-order valence-corrected chi connectivity index (χ2v) is 4.87. The molecule has 0 bridgehead atoms. The molecule has 0 aliphatic carbocycles. The first-order chi connectivity index (χ1) is 7.74. The second kappa shape index (κ2) is 3.38. The van der Waals surface area contributed by atoms with E-state index in [0.717, 1.165) is 21.4 Å². The number of fused-ring (bicyclic) bond motifs is 1. The minimum Gasteiger partial charge on any atom is -0.183 e. The van der Waals surface area contributed by atoms with Gasteiger partial charge in [-0.15, -0.1) is 10.2 Å². The molecule has 3 rings (SSSR count). The summed E-state index contributed by atoms with van der Waals surface area (Å²) in [5.41, 5.74) is 2.28. The molecule has 2 heterocycles. The second-order valence-electron chi connectivity index (χ2n) is 3.71. The highest BCUT2D eigenvalue weighted by molar-refractivity contribution is 7.16. The number of nitrogens with zero attached hydrogens (tertiary/aromatic N) is 4. The third-order valence-electron chi connectivity index (χ3n) is 2.40. The summed E-state index contributed by atoms with van der Waals surface area (Å²) in [7, 11) is 0. The maximum Gasteiger partial charge on any atom is 0.234 e. The Kier molecular flexibility index (Phi) is 2.00. The van der Waals surface area contributed by atoms with Crippen molar-refractivity contribution in [2.45, 2.75) is 13.8 Å². The van der Waals surface area contributed by atoms with Gasteiger partial charge < -0.3 is 0 Å². The van der Waals surface area contributed by atoms with Crippen LogP contribution in [0, 0.1) is 13.8 Å². The Balaban J connectivity index is 2.21. The summed E-state index contributed by atoms with van der Waals surface area (Å²) >= 11 is 1.55. The fourth-order valence-electron chi connectivity index (χ4n) is 1.60. The fourth-order valence-corrected chi connectivity index (χ4v) is 2.28. The molecule has 16 heavy (non-hydrogen) atoms. The van der Waals surface area contributed by atoms with Crippen molar-refractivity contribution in [3.05, 3.63) is 34.8 Å². The Morgan fingerprint density at radius 1 is 1.06 bits per heavy atom. The van der Waals surface area contributed by atoms with Crippen LogP contribution in [0.15, 0.2) is 24.3 Å². The van der Waals surface area contributed by atoms with Crippen LogP contribution in [0.2, 0.25) is 0 Å². The summed E-state index contributed by atoms with van der Waals surface area (Å²) in [5.74, 6) is 0.805. The minimum atomic E-state index is 0.805. The molecule has 0 saturated heterocycles. The van der Waals surface area contributed by atoms with Crippen molar-refractivity contribution < 1.29 is 0 Å². The van der Waals surface area contributed by atoms with E-state index in [0.29, 0.717) is 0 Å². The lowest BCUT2D eigenvalue weighted by Crippen LogP contribution is -1.90. The van der Waals surface area contributed by atoms with Gasteiger partial charge in [0.05, 0.1) is 0 Å². The molecule has 4 nitrogen and oxygen atoms in total. The van der Waals surface area contributed by atoms with Crippen molar-refractivity contribution in [3.8, 4) is 11.4 Å². The Morgan fingerprint density at radius 3 is 2.56 bits per heavy atom. The zero-order valence-electron chi connectivity index (χ0n) is 9.01. The highest BCUT2D eigenvalue weighted by Crippen LogP contribution is 2.21. The summed E-state index contributed by atoms with van der Waals surface area (Å²) in [5, 5.41) is 13.6. The SMILES string of the molecule is Cc1ccc(-c2nnc3sc(C)nn23)cc1. The lowest BCUT2D eigenvalue weighted by molar-refractivity contribution is 0.941. The van der Waals surface area contributed by atoms with E-state index in [1.165, 1.54) is 5.56 Å². The highest BCUT2D eigenvalue weighted by atomic mass is 32.1. The molecule has 0 amide bonds. The lowest BCUT2D eigenvalue weighted by atomic mass is 10.1. The van der Waals surface area contributed by atoms with Crippen LogP contribution >= 0.6 is 11.3 Å². The fraction of sp³-hybridized carbons (Fsp3) is 0.182. The van der Waals surface area contributed by atoms with Gasteiger partial charge >= 0.3 is 0 Å². The number of hydrogen-bond donors (Lipinski definition) is 0. The molecule has 0 atom stereocenters. The zero-order valence-corrected chi connectivity index (χ0v) is 9.82. The maximum absolute atomic E-state index is 4.38. The van der Waals surface area contributed by atoms with E-state index in [4.69, 9.17) is 0 Å². The molecule has 0 fully saturated rings. The van der Waals surface area contributed by atoms with Crippen molar-refractivity contribution in [3.63, 3.8) is 0 Å². The van der Waals surface area contributed by atoms with Gasteiger partial charge in [0.15, 0.2) is 5.82 Å². The van der Waals surface area contributed by atoms with Crippen molar-refractivity contribution in [2.75, 3.05) is 0 Å². The van der Waals surface area contributed by atoms with Gasteiger partial charge in [0.25, 0.3) is 0 Å². The third kappa shape index (κ3) is 1.40. The smallest absolute Gasteiger partial charge is 0.183 e. The van der Waals surface area contributed by atoms with Crippen LogP contribution in [0.5, 0.6) is 0 Å². The molecule has 5 heteroatoms. The van der Waals surface area contributed by atoms with Crippen molar-refractivity contribution in [1.82, 2.24) is 19.8 Å². The third-order valence-corrected chi connectivity index (χ3v) is 3.22. The lowest BCUT2D eigenvalue weighted by Gasteiger charge is -1.97. The topological polar surface area (TPSA) is 43.1 Å². The van der Waals surface area contributed by atoms with Crippen LogP contribution in [0.1, 0.15) is 10.6 Å². The number of aromatic nitrogens is 4. The van der Waals surface area contributed by atoms with Crippen molar-refractivity contribution >= 4 is 16.3 Å². The van der Waals surface area contributed by atoms with Crippen LogP contribution in [0.25, 0.3) is 16.3 Å². The Hall–Kier alpha value is -1.75. The number of aryl methyl sites for hydroxylation is 2. The molecule has 0 spiro atoms. The summed E-state index contributed by atoms with van der Waals surface area (Å²) in [6.45, 7) is 4.04. The first-order valence-electron chi connectivity index (χ1n) is 5.00. The molecule has 0 saturated carbocycles. The average molecular weight is 230 g/mol. The number of rotatable bonds is 1. The molecular formula is C11H10N4S. The van der Waals surface area contributed by atoms with Crippen LogP contribution in [-0.2, 0) is 0 Å². The van der Waals surface area contributed by atoms with Crippen molar-refractivity contribution in [2.24, 2.45) is 0 Å². The quantitative estimate of drug-likeness (QED) is 0.645. The van der Waals surface area contributed by atoms with Crippen LogP contribution in [-0.4, -0.2) is 19.8 Å². The zero-order chi connectivity index (χ0) is 11.1. The molecular weight excluding hydrogens is 220 g/mol. The van der Waals surface area contributed by atoms with Gasteiger partial charge in [-0.05, 0) is 13.8 Å². The van der Waals surface area contributed by atoms with Crippen LogP contribution in [0.3, 0.4) is 0 Å². The first kappa shape index (κ1) is 9.47. The highest BCUT2D eigenvalue weighted by Gasteiger charge is 2.10. The molecule has 0 N–H and O–H groups in total. The van der Waals surface area contributed by atoms with E-state index in [2.05, 4.69) is 34.4 Å². The van der Waals surface area contributed by atoms with Crippen molar-refractivity contribution in [1.29, 1.82) is 0 Å². The van der Waals surface area contributed by atoms with Gasteiger partial charge in [-0.1, -0.05) is 41.2 Å². The van der Waals surface area contributed by atoms with Gasteiger partial charge in [-0.25, -0.2) is 0 Å². The monoisotopic (exact) mass is 230 g/mol. The minimum absolute atomic E-state index is 0.805. The maximum atomic E-state index is 4.38. The molecule has 0 aliphatic heterocycles. The summed E-state index contributed by atoms with van der Waals surface area (Å²) in [6, 6.07) is 8.21. The predicted molar refractivity (Wildman–Crippen MR) is 63.6 cm³/mol. The Bertz CT molecular complexity index is 636. The van der Waals surface area contributed by atoms with Crippen LogP contribution in [0.4, 0.5) is 0 Å². The van der Waals surface area contributed by atoms with E-state index >= 15 is 0 Å². The Labute approximate surface area is 96.6 Å². The van der Waals surface area contributed by atoms with E-state index in [9.17, 15) is 0 Å². The summed E-state index contributed by atoms with van der Waals surface area (Å²) < 4.78 is 1.80. The molecule has 0 unspecified atom stereocenters. The molecule has 3 aromatic rings. The molecule has 2 aromatic heterocycles. The van der Waals surface area contributed by atoms with Gasteiger partial charge in [-0.3, -0.25) is 0 Å². The van der Waals surface area contributed by atoms with Gasteiger partial charge in [0.1, 0.15) is 5.01 Å². The standard InChI is InChI=1S/C11H10N4S/c1-7-3-5-9(6-4-7)10-12-13-11-15(10)14-8(2)16-11/h3-6H,1-2H3. The average Bonchev–Trinajstić information content (AvgIpc) is 2.78. The summed E-state index contributed by atoms with van der Waals surface area (Å²) in [4.78, 5) is 0.841. The van der Waals surface area contributed by atoms with E-state index in [1.807, 2.05) is 19.1 Å². The first-order valence-corrected chi connectivity index (χ1v) is 5.81. The molecule has 80 valence electrons. The normalized spacial score (nSPS) is 11.1. The molecule has 0 aliphatic rings. The predicted octanol–water partition coefficient (Wildman–Crippen LogP) is 2.47. The van der Waals surface area contributed by atoms with Gasteiger partial charge in [0.2, 0.25) is 4.96 Å². The molecule has 0 radical (unpaired) electrons. The molecule has 1 aromatic carbocycles. The number of hydrogen-bond acceptors (Lipinski definition) is 4. The van der Waals surface area contributed by atoms with E-state index in [-0.39, 0.29) is 0 Å². The van der Waals surface area contributed by atoms with Gasteiger partial charge in [0, 0.05) is 5.56 Å². The number of benzene rings is 1. The van der Waals surface area contributed by atoms with Gasteiger partial charge in [-0.2, -0.15) is 9.61 Å². The van der Waals surface area contributed by atoms with E-state index < -0.39 is 0 Å². The van der Waals surface area contributed by atoms with Crippen LogP contribution < -0.4 is 0 Å². The largest absolute Gasteiger partial charge is 0.234 e.